The van der Waals surface area contributed by atoms with E-state index in [0.29, 0.717) is 12.5 Å². The third-order valence-electron chi connectivity index (χ3n) is 2.74. The standard InChI is InChI=1S/C13H21N3O2/c1-9(2)7-13(3,8-14)16-12(18)10-5-4-6-11(17)15-10/h4-6,9H,7-8,14H2,1-3H3,(H,15,17)(H,16,18). The first-order valence-corrected chi connectivity index (χ1v) is 6.08. The summed E-state index contributed by atoms with van der Waals surface area (Å²) in [6.07, 6.45) is 0.784. The van der Waals surface area contributed by atoms with Gasteiger partial charge in [-0.1, -0.05) is 19.9 Å². The van der Waals surface area contributed by atoms with Crippen molar-refractivity contribution in [3.8, 4) is 0 Å². The molecule has 0 bridgehead atoms. The zero-order valence-electron chi connectivity index (χ0n) is 11.1. The van der Waals surface area contributed by atoms with Crippen LogP contribution in [0.15, 0.2) is 23.0 Å². The number of nitrogens with two attached hydrogens (primary N) is 1. The Morgan fingerprint density at radius 3 is 2.67 bits per heavy atom. The minimum Gasteiger partial charge on any atom is -0.344 e. The van der Waals surface area contributed by atoms with Crippen LogP contribution in [0.4, 0.5) is 0 Å². The summed E-state index contributed by atoms with van der Waals surface area (Å²) in [5.74, 6) is 0.120. The van der Waals surface area contributed by atoms with Gasteiger partial charge in [-0.05, 0) is 25.3 Å². The number of H-pyrrole nitrogens is 1. The molecule has 1 unspecified atom stereocenters. The van der Waals surface area contributed by atoms with Crippen molar-refractivity contribution < 1.29 is 4.79 Å². The molecular formula is C13H21N3O2. The number of carbonyl (C=O) groups excluding carboxylic acids is 1. The Balaban J connectivity index is 2.82. The van der Waals surface area contributed by atoms with E-state index in [0.717, 1.165) is 6.42 Å². The van der Waals surface area contributed by atoms with Gasteiger partial charge < -0.3 is 16.0 Å². The topological polar surface area (TPSA) is 88.0 Å². The zero-order valence-corrected chi connectivity index (χ0v) is 11.1. The third kappa shape index (κ3) is 4.00. The molecule has 5 heteroatoms. The van der Waals surface area contributed by atoms with Crippen molar-refractivity contribution in [2.75, 3.05) is 6.54 Å². The number of hydrogen-bond acceptors (Lipinski definition) is 3. The van der Waals surface area contributed by atoms with Crippen LogP contribution in [0.2, 0.25) is 0 Å². The lowest BCUT2D eigenvalue weighted by Gasteiger charge is -2.31. The van der Waals surface area contributed by atoms with Crippen LogP contribution in [0, 0.1) is 5.92 Å². The van der Waals surface area contributed by atoms with Gasteiger partial charge in [0.05, 0.1) is 5.54 Å². The summed E-state index contributed by atoms with van der Waals surface area (Å²) >= 11 is 0. The summed E-state index contributed by atoms with van der Waals surface area (Å²) in [4.78, 5) is 25.7. The molecule has 1 aromatic rings. The van der Waals surface area contributed by atoms with Gasteiger partial charge in [-0.25, -0.2) is 0 Å². The number of hydrogen-bond donors (Lipinski definition) is 3. The Morgan fingerprint density at radius 1 is 1.50 bits per heavy atom. The van der Waals surface area contributed by atoms with Gasteiger partial charge in [-0.3, -0.25) is 9.59 Å². The quantitative estimate of drug-likeness (QED) is 0.725. The predicted octanol–water partition coefficient (Wildman–Crippen LogP) is 0.868. The molecule has 0 saturated heterocycles. The molecule has 0 spiro atoms. The van der Waals surface area contributed by atoms with Crippen molar-refractivity contribution >= 4 is 5.91 Å². The molecule has 100 valence electrons. The Morgan fingerprint density at radius 2 is 2.17 bits per heavy atom. The summed E-state index contributed by atoms with van der Waals surface area (Å²) in [6.45, 7) is 6.41. The third-order valence-corrected chi connectivity index (χ3v) is 2.74. The van der Waals surface area contributed by atoms with Gasteiger partial charge in [-0.2, -0.15) is 0 Å². The monoisotopic (exact) mass is 251 g/mol. The highest BCUT2D eigenvalue weighted by Crippen LogP contribution is 2.15. The van der Waals surface area contributed by atoms with Crippen molar-refractivity contribution in [1.82, 2.24) is 10.3 Å². The molecule has 0 aromatic carbocycles. The minimum absolute atomic E-state index is 0.255. The van der Waals surface area contributed by atoms with Crippen LogP contribution in [0.25, 0.3) is 0 Å². The molecule has 1 heterocycles. The molecule has 0 fully saturated rings. The van der Waals surface area contributed by atoms with Crippen molar-refractivity contribution in [3.05, 3.63) is 34.2 Å². The molecule has 1 amide bonds. The zero-order chi connectivity index (χ0) is 13.8. The number of pyridine rings is 1. The van der Waals surface area contributed by atoms with Crippen LogP contribution in [0.3, 0.4) is 0 Å². The fourth-order valence-electron chi connectivity index (χ4n) is 2.01. The highest BCUT2D eigenvalue weighted by atomic mass is 16.2. The van der Waals surface area contributed by atoms with Crippen molar-refractivity contribution in [2.45, 2.75) is 32.7 Å². The summed E-state index contributed by atoms with van der Waals surface area (Å²) in [6, 6.07) is 4.49. The van der Waals surface area contributed by atoms with Gasteiger partial charge in [0, 0.05) is 12.6 Å². The highest BCUT2D eigenvalue weighted by Gasteiger charge is 2.26. The van der Waals surface area contributed by atoms with E-state index in [2.05, 4.69) is 24.1 Å². The maximum atomic E-state index is 12.0. The lowest BCUT2D eigenvalue weighted by molar-refractivity contribution is 0.0893. The Hall–Kier alpha value is -1.62. The van der Waals surface area contributed by atoms with E-state index in [1.54, 1.807) is 12.1 Å². The van der Waals surface area contributed by atoms with Gasteiger partial charge in [0.15, 0.2) is 0 Å². The first-order chi connectivity index (χ1) is 8.36. The Kier molecular flexibility index (Phi) is 4.67. The van der Waals surface area contributed by atoms with E-state index in [1.807, 2.05) is 6.92 Å². The van der Waals surface area contributed by atoms with E-state index in [4.69, 9.17) is 5.73 Å². The largest absolute Gasteiger partial charge is 0.344 e. The number of amides is 1. The molecule has 1 rings (SSSR count). The normalized spacial score (nSPS) is 14.3. The lowest BCUT2D eigenvalue weighted by atomic mass is 9.90. The van der Waals surface area contributed by atoms with Gasteiger partial charge in [0.1, 0.15) is 5.69 Å². The number of nitrogens with one attached hydrogen (secondary N) is 2. The summed E-state index contributed by atoms with van der Waals surface area (Å²) in [5, 5.41) is 2.88. The molecule has 1 atom stereocenters. The average Bonchev–Trinajstić information content (AvgIpc) is 2.27. The Labute approximate surface area is 107 Å². The molecule has 0 radical (unpaired) electrons. The number of aromatic amines is 1. The molecule has 4 N–H and O–H groups in total. The smallest absolute Gasteiger partial charge is 0.268 e. The molecule has 0 saturated carbocycles. The van der Waals surface area contributed by atoms with Crippen molar-refractivity contribution in [3.63, 3.8) is 0 Å². The fraction of sp³-hybridized carbons (Fsp3) is 0.538. The van der Waals surface area contributed by atoms with Gasteiger partial charge in [0.2, 0.25) is 5.56 Å². The molecule has 1 aromatic heterocycles. The van der Waals surface area contributed by atoms with Gasteiger partial charge in [0.25, 0.3) is 5.91 Å². The lowest BCUT2D eigenvalue weighted by Crippen LogP contribution is -2.52. The van der Waals surface area contributed by atoms with E-state index >= 15 is 0 Å². The molecular weight excluding hydrogens is 230 g/mol. The van der Waals surface area contributed by atoms with E-state index < -0.39 is 5.54 Å². The average molecular weight is 251 g/mol. The van der Waals surface area contributed by atoms with Crippen molar-refractivity contribution in [1.29, 1.82) is 0 Å². The predicted molar refractivity (Wildman–Crippen MR) is 71.4 cm³/mol. The second-order valence-corrected chi connectivity index (χ2v) is 5.25. The van der Waals surface area contributed by atoms with E-state index in [-0.39, 0.29) is 17.2 Å². The summed E-state index contributed by atoms with van der Waals surface area (Å²) < 4.78 is 0. The first kappa shape index (κ1) is 14.4. The Bertz CT molecular complexity index is 467. The minimum atomic E-state index is -0.460. The fourth-order valence-corrected chi connectivity index (χ4v) is 2.01. The maximum Gasteiger partial charge on any atom is 0.268 e. The number of rotatable bonds is 5. The molecule has 0 aliphatic rings. The molecule has 18 heavy (non-hydrogen) atoms. The van der Waals surface area contributed by atoms with E-state index in [9.17, 15) is 9.59 Å². The summed E-state index contributed by atoms with van der Waals surface area (Å²) in [5.41, 5.74) is 5.23. The molecule has 0 aliphatic carbocycles. The number of carbonyl (C=O) groups is 1. The second kappa shape index (κ2) is 5.82. The highest BCUT2D eigenvalue weighted by molar-refractivity contribution is 5.92. The van der Waals surface area contributed by atoms with Crippen LogP contribution in [-0.2, 0) is 0 Å². The van der Waals surface area contributed by atoms with Gasteiger partial charge in [-0.15, -0.1) is 0 Å². The SMILES string of the molecule is CC(C)CC(C)(CN)NC(=O)c1cccc(=O)[nH]1. The van der Waals surface area contributed by atoms with Crippen LogP contribution in [-0.4, -0.2) is 23.0 Å². The molecule has 0 aliphatic heterocycles. The second-order valence-electron chi connectivity index (χ2n) is 5.25. The maximum absolute atomic E-state index is 12.0. The van der Waals surface area contributed by atoms with E-state index in [1.165, 1.54) is 6.07 Å². The summed E-state index contributed by atoms with van der Waals surface area (Å²) in [7, 11) is 0. The molecule has 5 nitrogen and oxygen atoms in total. The van der Waals surface area contributed by atoms with Crippen LogP contribution in [0.5, 0.6) is 0 Å². The van der Waals surface area contributed by atoms with Gasteiger partial charge >= 0.3 is 0 Å². The first-order valence-electron chi connectivity index (χ1n) is 6.08. The van der Waals surface area contributed by atoms with Crippen LogP contribution in [0.1, 0.15) is 37.7 Å². The van der Waals surface area contributed by atoms with Crippen LogP contribution >= 0.6 is 0 Å². The van der Waals surface area contributed by atoms with Crippen LogP contribution < -0.4 is 16.6 Å². The van der Waals surface area contributed by atoms with Crippen molar-refractivity contribution in [2.24, 2.45) is 11.7 Å². The number of aromatic nitrogens is 1.